The highest BCUT2D eigenvalue weighted by Crippen LogP contribution is 2.28. The van der Waals surface area contributed by atoms with Crippen molar-refractivity contribution in [1.82, 2.24) is 0 Å². The maximum absolute atomic E-state index is 6.06. The highest BCUT2D eigenvalue weighted by Gasteiger charge is 2.23. The van der Waals surface area contributed by atoms with Gasteiger partial charge in [-0.2, -0.15) is 0 Å². The predicted octanol–water partition coefficient (Wildman–Crippen LogP) is 3.27. The van der Waals surface area contributed by atoms with E-state index >= 15 is 0 Å². The van der Waals surface area contributed by atoms with E-state index in [9.17, 15) is 0 Å². The molecule has 0 atom stereocenters. The van der Waals surface area contributed by atoms with E-state index in [-0.39, 0.29) is 6.61 Å². The first kappa shape index (κ1) is 16.3. The Hall–Kier alpha value is -1.11. The molecule has 2 aromatic carbocycles. The quantitative estimate of drug-likeness (QED) is 0.765. The van der Waals surface area contributed by atoms with Crippen LogP contribution in [0.25, 0.3) is 0 Å². The average molecular weight is 372 g/mol. The van der Waals surface area contributed by atoms with Crippen LogP contribution in [0.1, 0.15) is 5.56 Å². The second-order valence-corrected chi connectivity index (χ2v) is 5.93. The minimum Gasteiger partial charge on any atom is -0.456 e. The molecule has 6 heteroatoms. The lowest BCUT2D eigenvalue weighted by Crippen LogP contribution is -2.58. The Kier molecular flexibility index (Phi) is 5.61. The van der Waals surface area contributed by atoms with Crippen LogP contribution < -0.4 is 16.2 Å². The lowest BCUT2D eigenvalue weighted by Gasteiger charge is -2.26. The third-order valence-corrected chi connectivity index (χ3v) is 3.42. The van der Waals surface area contributed by atoms with Crippen molar-refractivity contribution in [3.05, 3.63) is 63.6 Å². The van der Waals surface area contributed by atoms with Gasteiger partial charge in [0.15, 0.2) is 0 Å². The largest absolute Gasteiger partial charge is 0.456 e. The van der Waals surface area contributed by atoms with Crippen LogP contribution in [0.5, 0.6) is 5.75 Å². The SMILES string of the molecule is NC(N)(COCc1ccccc1)Oc1ccc(Br)cc1Cl. The van der Waals surface area contributed by atoms with Gasteiger partial charge in [0.25, 0.3) is 0 Å². The van der Waals surface area contributed by atoms with E-state index < -0.39 is 5.85 Å². The van der Waals surface area contributed by atoms with E-state index in [2.05, 4.69) is 15.9 Å². The Morgan fingerprint density at radius 3 is 2.48 bits per heavy atom. The number of hydrogen-bond donors (Lipinski definition) is 2. The summed E-state index contributed by atoms with van der Waals surface area (Å²) in [6.45, 7) is 0.447. The monoisotopic (exact) mass is 370 g/mol. The summed E-state index contributed by atoms with van der Waals surface area (Å²) in [5, 5.41) is 0.424. The number of benzene rings is 2. The Morgan fingerprint density at radius 1 is 1.10 bits per heavy atom. The fourth-order valence-corrected chi connectivity index (χ4v) is 2.41. The molecule has 4 N–H and O–H groups in total. The van der Waals surface area contributed by atoms with Gasteiger partial charge in [-0.25, -0.2) is 0 Å². The molecule has 21 heavy (non-hydrogen) atoms. The zero-order valence-corrected chi connectivity index (χ0v) is 13.6. The fourth-order valence-electron chi connectivity index (χ4n) is 1.69. The summed E-state index contributed by atoms with van der Waals surface area (Å²) in [6, 6.07) is 14.9. The molecule has 0 radical (unpaired) electrons. The van der Waals surface area contributed by atoms with Gasteiger partial charge in [-0.3, -0.25) is 11.5 Å². The van der Waals surface area contributed by atoms with Crippen molar-refractivity contribution in [3.8, 4) is 5.75 Å². The predicted molar refractivity (Wildman–Crippen MR) is 87.0 cm³/mol. The molecule has 0 aliphatic rings. The van der Waals surface area contributed by atoms with Gasteiger partial charge in [0.05, 0.1) is 11.6 Å². The first-order valence-corrected chi connectivity index (χ1v) is 7.47. The van der Waals surface area contributed by atoms with Crippen molar-refractivity contribution in [2.75, 3.05) is 6.61 Å². The molecule has 0 spiro atoms. The normalized spacial score (nSPS) is 11.4. The number of nitrogens with two attached hydrogens (primary N) is 2. The standard InChI is InChI=1S/C15H16BrClN2O2/c16-12-6-7-14(13(17)8-12)21-15(18,19)10-20-9-11-4-2-1-3-5-11/h1-8H,9-10,18-19H2. The Bertz CT molecular complexity index is 593. The average Bonchev–Trinajstić information content (AvgIpc) is 2.43. The van der Waals surface area contributed by atoms with E-state index in [1.807, 2.05) is 30.3 Å². The summed E-state index contributed by atoms with van der Waals surface area (Å²) in [5.41, 5.74) is 12.8. The summed E-state index contributed by atoms with van der Waals surface area (Å²) in [7, 11) is 0. The van der Waals surface area contributed by atoms with Gasteiger partial charge in [0, 0.05) is 4.47 Å². The molecule has 2 rings (SSSR count). The second kappa shape index (κ2) is 7.24. The van der Waals surface area contributed by atoms with Crippen molar-refractivity contribution in [2.24, 2.45) is 11.5 Å². The summed E-state index contributed by atoms with van der Waals surface area (Å²) in [6.07, 6.45) is 0. The maximum Gasteiger partial charge on any atom is 0.236 e. The van der Waals surface area contributed by atoms with Gasteiger partial charge in [-0.05, 0) is 23.8 Å². The van der Waals surface area contributed by atoms with Crippen LogP contribution >= 0.6 is 27.5 Å². The molecule has 0 fully saturated rings. The van der Waals surface area contributed by atoms with Crippen molar-refractivity contribution in [1.29, 1.82) is 0 Å². The topological polar surface area (TPSA) is 70.5 Å². The molecule has 112 valence electrons. The van der Waals surface area contributed by atoms with Crippen LogP contribution in [0.4, 0.5) is 0 Å². The van der Waals surface area contributed by atoms with Gasteiger partial charge in [0.1, 0.15) is 12.4 Å². The summed E-state index contributed by atoms with van der Waals surface area (Å²) >= 11 is 9.38. The molecule has 0 aliphatic heterocycles. The van der Waals surface area contributed by atoms with Crippen LogP contribution in [-0.4, -0.2) is 12.5 Å². The molecule has 0 heterocycles. The lowest BCUT2D eigenvalue weighted by atomic mass is 10.2. The molecule has 0 aromatic heterocycles. The molecule has 0 bridgehead atoms. The molecule has 4 nitrogen and oxygen atoms in total. The number of hydrogen-bond acceptors (Lipinski definition) is 4. The summed E-state index contributed by atoms with van der Waals surface area (Å²) in [5.74, 6) is -1.04. The van der Waals surface area contributed by atoms with Crippen molar-refractivity contribution < 1.29 is 9.47 Å². The van der Waals surface area contributed by atoms with Crippen LogP contribution in [0.2, 0.25) is 5.02 Å². The lowest BCUT2D eigenvalue weighted by molar-refractivity contribution is -0.0258. The molecule has 0 saturated heterocycles. The zero-order chi connectivity index (χ0) is 15.3. The number of rotatable bonds is 6. The molecule has 0 amide bonds. The van der Waals surface area contributed by atoms with E-state index in [0.29, 0.717) is 17.4 Å². The van der Waals surface area contributed by atoms with Gasteiger partial charge >= 0.3 is 0 Å². The number of halogens is 2. The highest BCUT2D eigenvalue weighted by atomic mass is 79.9. The van der Waals surface area contributed by atoms with Gasteiger partial charge in [-0.1, -0.05) is 57.9 Å². The highest BCUT2D eigenvalue weighted by molar-refractivity contribution is 9.10. The zero-order valence-electron chi connectivity index (χ0n) is 11.3. The van der Waals surface area contributed by atoms with E-state index in [4.69, 9.17) is 32.5 Å². The van der Waals surface area contributed by atoms with Crippen LogP contribution in [0, 0.1) is 0 Å². The van der Waals surface area contributed by atoms with E-state index in [1.54, 1.807) is 18.2 Å². The van der Waals surface area contributed by atoms with Crippen LogP contribution in [0.15, 0.2) is 53.0 Å². The first-order valence-electron chi connectivity index (χ1n) is 6.30. The summed E-state index contributed by atoms with van der Waals surface area (Å²) in [4.78, 5) is 0. The Labute approximate surface area is 137 Å². The molecule has 0 aliphatic carbocycles. The number of ether oxygens (including phenoxy) is 2. The van der Waals surface area contributed by atoms with Crippen LogP contribution in [0.3, 0.4) is 0 Å². The van der Waals surface area contributed by atoms with E-state index in [0.717, 1.165) is 10.0 Å². The van der Waals surface area contributed by atoms with E-state index in [1.165, 1.54) is 0 Å². The molecule has 0 saturated carbocycles. The molecule has 0 unspecified atom stereocenters. The van der Waals surface area contributed by atoms with Crippen molar-refractivity contribution >= 4 is 27.5 Å². The fraction of sp³-hybridized carbons (Fsp3) is 0.200. The van der Waals surface area contributed by atoms with Crippen LogP contribution in [-0.2, 0) is 11.3 Å². The van der Waals surface area contributed by atoms with Gasteiger partial charge in [0.2, 0.25) is 5.85 Å². The first-order chi connectivity index (χ1) is 9.96. The minimum atomic E-state index is -1.45. The van der Waals surface area contributed by atoms with Gasteiger partial charge < -0.3 is 9.47 Å². The maximum atomic E-state index is 6.06. The smallest absolute Gasteiger partial charge is 0.236 e. The Balaban J connectivity index is 1.89. The van der Waals surface area contributed by atoms with Crippen molar-refractivity contribution in [2.45, 2.75) is 12.5 Å². The Morgan fingerprint density at radius 2 is 1.81 bits per heavy atom. The molecular weight excluding hydrogens is 356 g/mol. The molecule has 2 aromatic rings. The summed E-state index contributed by atoms with van der Waals surface area (Å²) < 4.78 is 11.8. The van der Waals surface area contributed by atoms with Gasteiger partial charge in [-0.15, -0.1) is 0 Å². The minimum absolute atomic E-state index is 0.0360. The van der Waals surface area contributed by atoms with Crippen molar-refractivity contribution in [3.63, 3.8) is 0 Å². The third-order valence-electron chi connectivity index (χ3n) is 2.63. The third kappa shape index (κ3) is 5.30. The molecular formula is C15H16BrClN2O2. The second-order valence-electron chi connectivity index (χ2n) is 4.61.